The van der Waals surface area contributed by atoms with Crippen LogP contribution in [0.1, 0.15) is 21.8 Å². The maximum atomic E-state index is 13.3. The molecule has 29 heavy (non-hydrogen) atoms. The molecular formula is C19H14ClF3N2O4. The van der Waals surface area contributed by atoms with Crippen LogP contribution in [0.15, 0.2) is 47.0 Å². The molecule has 1 N–H and O–H groups in total. The van der Waals surface area contributed by atoms with E-state index in [1.54, 1.807) is 13.0 Å². The van der Waals surface area contributed by atoms with Crippen molar-refractivity contribution in [2.24, 2.45) is 0 Å². The van der Waals surface area contributed by atoms with Crippen LogP contribution in [-0.2, 0) is 6.61 Å². The highest BCUT2D eigenvalue weighted by atomic mass is 35.5. The van der Waals surface area contributed by atoms with Gasteiger partial charge < -0.3 is 19.3 Å². The van der Waals surface area contributed by atoms with Gasteiger partial charge in [-0.25, -0.2) is 4.39 Å². The Bertz CT molecular complexity index is 1030. The fourth-order valence-corrected chi connectivity index (χ4v) is 2.64. The highest BCUT2D eigenvalue weighted by molar-refractivity contribution is 6.32. The zero-order chi connectivity index (χ0) is 21.0. The Morgan fingerprint density at radius 2 is 2.07 bits per heavy atom. The van der Waals surface area contributed by atoms with Crippen molar-refractivity contribution in [3.8, 4) is 11.5 Å². The number of ether oxygens (including phenoxy) is 2. The zero-order valence-electron chi connectivity index (χ0n) is 14.9. The van der Waals surface area contributed by atoms with Gasteiger partial charge in [0.05, 0.1) is 10.6 Å². The maximum Gasteiger partial charge on any atom is 0.387 e. The van der Waals surface area contributed by atoms with Gasteiger partial charge >= 0.3 is 6.61 Å². The Labute approximate surface area is 168 Å². The van der Waals surface area contributed by atoms with Crippen molar-refractivity contribution in [3.63, 3.8) is 0 Å². The number of nitrogens with one attached hydrogen (secondary N) is 1. The van der Waals surface area contributed by atoms with E-state index >= 15 is 0 Å². The number of anilines is 1. The molecule has 0 aliphatic heterocycles. The first-order valence-electron chi connectivity index (χ1n) is 8.22. The van der Waals surface area contributed by atoms with Crippen molar-refractivity contribution in [1.82, 2.24) is 5.16 Å². The third kappa shape index (κ3) is 5.20. The lowest BCUT2D eigenvalue weighted by Crippen LogP contribution is -2.15. The summed E-state index contributed by atoms with van der Waals surface area (Å²) in [5, 5.41) is 6.16. The molecule has 0 bridgehead atoms. The molecule has 0 atom stereocenters. The Kier molecular flexibility index (Phi) is 6.28. The highest BCUT2D eigenvalue weighted by Crippen LogP contribution is 2.29. The second-order valence-electron chi connectivity index (χ2n) is 5.79. The number of hydrogen-bond donors (Lipinski definition) is 1. The highest BCUT2D eigenvalue weighted by Gasteiger charge is 2.21. The molecular weight excluding hydrogens is 413 g/mol. The number of nitrogens with zero attached hydrogens (tertiary/aromatic N) is 1. The van der Waals surface area contributed by atoms with E-state index in [0.29, 0.717) is 11.3 Å². The fourth-order valence-electron chi connectivity index (χ4n) is 2.41. The Morgan fingerprint density at radius 3 is 2.76 bits per heavy atom. The first-order valence-corrected chi connectivity index (χ1v) is 8.60. The van der Waals surface area contributed by atoms with Gasteiger partial charge in [-0.05, 0) is 37.3 Å². The van der Waals surface area contributed by atoms with Gasteiger partial charge in [-0.15, -0.1) is 0 Å². The molecule has 2 aromatic carbocycles. The molecule has 0 aliphatic carbocycles. The average molecular weight is 427 g/mol. The van der Waals surface area contributed by atoms with Crippen molar-refractivity contribution in [3.05, 3.63) is 70.3 Å². The number of rotatable bonds is 7. The van der Waals surface area contributed by atoms with Crippen LogP contribution in [0.25, 0.3) is 0 Å². The van der Waals surface area contributed by atoms with Gasteiger partial charge in [-0.3, -0.25) is 4.79 Å². The van der Waals surface area contributed by atoms with E-state index in [9.17, 15) is 18.0 Å². The first-order chi connectivity index (χ1) is 13.8. The molecule has 1 aromatic heterocycles. The monoisotopic (exact) mass is 426 g/mol. The Morgan fingerprint density at radius 1 is 1.28 bits per heavy atom. The predicted molar refractivity (Wildman–Crippen MR) is 98.0 cm³/mol. The lowest BCUT2D eigenvalue weighted by atomic mass is 10.2. The topological polar surface area (TPSA) is 73.6 Å². The number of aromatic nitrogens is 1. The van der Waals surface area contributed by atoms with E-state index in [1.165, 1.54) is 36.4 Å². The molecule has 1 amide bonds. The largest absolute Gasteiger partial charge is 0.489 e. The number of carbonyl (C=O) groups is 1. The number of aryl methyl sites for hydroxylation is 1. The summed E-state index contributed by atoms with van der Waals surface area (Å²) >= 11 is 5.87. The van der Waals surface area contributed by atoms with Crippen LogP contribution in [0.5, 0.6) is 11.5 Å². The van der Waals surface area contributed by atoms with Crippen LogP contribution in [0.4, 0.5) is 18.9 Å². The summed E-state index contributed by atoms with van der Waals surface area (Å²) in [6, 6.07) is 9.34. The summed E-state index contributed by atoms with van der Waals surface area (Å²) in [7, 11) is 0. The molecule has 0 fully saturated rings. The van der Waals surface area contributed by atoms with Crippen molar-refractivity contribution in [2.45, 2.75) is 20.1 Å². The van der Waals surface area contributed by atoms with Crippen molar-refractivity contribution in [2.75, 3.05) is 5.32 Å². The van der Waals surface area contributed by atoms with Crippen molar-refractivity contribution < 1.29 is 32.0 Å². The van der Waals surface area contributed by atoms with Crippen LogP contribution in [0.2, 0.25) is 5.02 Å². The van der Waals surface area contributed by atoms with Crippen LogP contribution in [0, 0.1) is 12.7 Å². The van der Waals surface area contributed by atoms with E-state index < -0.39 is 18.3 Å². The minimum atomic E-state index is -3.02. The van der Waals surface area contributed by atoms with Crippen LogP contribution in [-0.4, -0.2) is 17.7 Å². The average Bonchev–Trinajstić information content (AvgIpc) is 3.03. The van der Waals surface area contributed by atoms with Gasteiger partial charge in [0.15, 0.2) is 5.69 Å². The number of benzene rings is 2. The summed E-state index contributed by atoms with van der Waals surface area (Å²) in [6.07, 6.45) is 0. The standard InChI is InChI=1S/C19H14ClF3N2O4/c1-10-14(9-27-13-4-2-3-11(21)7-13)17(25-29-10)18(26)24-12-5-6-16(15(20)8-12)28-19(22)23/h2-8,19H,9H2,1H3,(H,24,26). The van der Waals surface area contributed by atoms with Crippen molar-refractivity contribution >= 4 is 23.2 Å². The fraction of sp³-hybridized carbons (Fsp3) is 0.158. The molecule has 3 rings (SSSR count). The van der Waals surface area contributed by atoms with Crippen molar-refractivity contribution in [1.29, 1.82) is 0 Å². The predicted octanol–water partition coefficient (Wildman–Crippen LogP) is 5.21. The molecule has 3 aromatic rings. The van der Waals surface area contributed by atoms with Gasteiger partial charge in [0.1, 0.15) is 29.7 Å². The van der Waals surface area contributed by atoms with Gasteiger partial charge in [-0.1, -0.05) is 22.8 Å². The van der Waals surface area contributed by atoms with Crippen LogP contribution >= 0.6 is 11.6 Å². The molecule has 0 radical (unpaired) electrons. The maximum absolute atomic E-state index is 13.3. The molecule has 6 nitrogen and oxygen atoms in total. The summed E-state index contributed by atoms with van der Waals surface area (Å²) in [6.45, 7) is -1.50. The summed E-state index contributed by atoms with van der Waals surface area (Å²) in [4.78, 5) is 12.5. The summed E-state index contributed by atoms with van der Waals surface area (Å²) < 4.78 is 52.6. The molecule has 0 aliphatic rings. The minimum absolute atomic E-state index is 0.0390. The van der Waals surface area contributed by atoms with E-state index in [1.807, 2.05) is 0 Å². The zero-order valence-corrected chi connectivity index (χ0v) is 15.7. The minimum Gasteiger partial charge on any atom is -0.489 e. The lowest BCUT2D eigenvalue weighted by Gasteiger charge is -2.10. The molecule has 1 heterocycles. The summed E-state index contributed by atoms with van der Waals surface area (Å²) in [5.74, 6) is -0.679. The normalized spacial score (nSPS) is 10.8. The molecule has 0 unspecified atom stereocenters. The number of halogens is 4. The number of alkyl halides is 2. The Balaban J connectivity index is 1.72. The van der Waals surface area contributed by atoms with Crippen LogP contribution < -0.4 is 14.8 Å². The van der Waals surface area contributed by atoms with Gasteiger partial charge in [0, 0.05) is 11.8 Å². The second kappa shape index (κ2) is 8.87. The second-order valence-corrected chi connectivity index (χ2v) is 6.20. The molecule has 0 spiro atoms. The molecule has 10 heteroatoms. The number of amides is 1. The van der Waals surface area contributed by atoms with E-state index in [4.69, 9.17) is 20.9 Å². The Hall–Kier alpha value is -3.20. The smallest absolute Gasteiger partial charge is 0.387 e. The van der Waals surface area contributed by atoms with E-state index in [2.05, 4.69) is 15.2 Å². The lowest BCUT2D eigenvalue weighted by molar-refractivity contribution is -0.0497. The third-order valence-electron chi connectivity index (χ3n) is 3.78. The molecule has 0 saturated heterocycles. The summed E-state index contributed by atoms with van der Waals surface area (Å²) in [5.41, 5.74) is 0.567. The number of hydrogen-bond acceptors (Lipinski definition) is 5. The van der Waals surface area contributed by atoms with Gasteiger partial charge in [-0.2, -0.15) is 8.78 Å². The molecule has 0 saturated carbocycles. The van der Waals surface area contributed by atoms with E-state index in [0.717, 1.165) is 0 Å². The number of carbonyl (C=O) groups excluding carboxylic acids is 1. The quantitative estimate of drug-likeness (QED) is 0.561. The SMILES string of the molecule is Cc1onc(C(=O)Nc2ccc(OC(F)F)c(Cl)c2)c1COc1cccc(F)c1. The van der Waals surface area contributed by atoms with E-state index in [-0.39, 0.29) is 34.5 Å². The first kappa shape index (κ1) is 20.5. The van der Waals surface area contributed by atoms with Crippen LogP contribution in [0.3, 0.4) is 0 Å². The van der Waals surface area contributed by atoms with Gasteiger partial charge in [0.25, 0.3) is 5.91 Å². The van der Waals surface area contributed by atoms with Gasteiger partial charge in [0.2, 0.25) is 0 Å². The third-order valence-corrected chi connectivity index (χ3v) is 4.08. The molecule has 152 valence electrons.